The molecule has 1 aliphatic carbocycles. The lowest BCUT2D eigenvalue weighted by molar-refractivity contribution is -0.142. The molecule has 0 aliphatic heterocycles. The van der Waals surface area contributed by atoms with Crippen LogP contribution in [0.2, 0.25) is 0 Å². The van der Waals surface area contributed by atoms with Crippen molar-refractivity contribution in [1.29, 1.82) is 0 Å². The third-order valence-electron chi connectivity index (χ3n) is 4.33. The van der Waals surface area contributed by atoms with Crippen molar-refractivity contribution in [2.24, 2.45) is 5.41 Å². The number of halogens is 1. The van der Waals surface area contributed by atoms with Crippen LogP contribution >= 0.6 is 11.8 Å². The van der Waals surface area contributed by atoms with Crippen LogP contribution in [0.15, 0.2) is 18.2 Å². The Morgan fingerprint density at radius 1 is 1.35 bits per heavy atom. The van der Waals surface area contributed by atoms with Crippen LogP contribution in [0, 0.1) is 5.41 Å². The van der Waals surface area contributed by atoms with E-state index in [2.05, 4.69) is 20.1 Å². The number of benzene rings is 1. The molecule has 1 aromatic heterocycles. The molecule has 2 aromatic rings. The van der Waals surface area contributed by atoms with Gasteiger partial charge in [-0.1, -0.05) is 6.42 Å². The zero-order valence-corrected chi connectivity index (χ0v) is 13.1. The van der Waals surface area contributed by atoms with Crippen molar-refractivity contribution in [3.63, 3.8) is 0 Å². The molecule has 4 N–H and O–H groups in total. The Morgan fingerprint density at radius 3 is 2.74 bits per heavy atom. The standard InChI is InChI=1S/C15H17ClN4O3/c16-20-14-18-10-3-2-9(6-11(10)19-14)17-12(21)7-15(4-1-5-15)8-13(22)23/h2-3,6H,1,4-5,7-8H2,(H,17,21)(H,22,23)(H2,18,19,20). The number of rotatable bonds is 6. The van der Waals surface area contributed by atoms with E-state index in [0.29, 0.717) is 11.6 Å². The third-order valence-corrected chi connectivity index (χ3v) is 4.51. The summed E-state index contributed by atoms with van der Waals surface area (Å²) >= 11 is 5.50. The average molecular weight is 337 g/mol. The van der Waals surface area contributed by atoms with Gasteiger partial charge in [0.2, 0.25) is 11.9 Å². The molecule has 3 rings (SSSR count). The normalized spacial score (nSPS) is 15.9. The quantitative estimate of drug-likeness (QED) is 0.606. The summed E-state index contributed by atoms with van der Waals surface area (Å²) in [7, 11) is 0. The Bertz CT molecular complexity index is 754. The Balaban J connectivity index is 1.68. The first-order chi connectivity index (χ1) is 11.0. The number of nitrogens with one attached hydrogen (secondary N) is 3. The Kier molecular flexibility index (Phi) is 4.12. The molecule has 0 atom stereocenters. The van der Waals surface area contributed by atoms with Gasteiger partial charge in [-0.05, 0) is 36.5 Å². The minimum Gasteiger partial charge on any atom is -0.481 e. The fourth-order valence-electron chi connectivity index (χ4n) is 3.09. The molecule has 1 fully saturated rings. The van der Waals surface area contributed by atoms with Crippen LogP contribution in [0.25, 0.3) is 11.0 Å². The number of carbonyl (C=O) groups is 2. The third kappa shape index (κ3) is 3.39. The Morgan fingerprint density at radius 2 is 2.13 bits per heavy atom. The number of hydrogen-bond acceptors (Lipinski definition) is 4. The molecule has 0 unspecified atom stereocenters. The van der Waals surface area contributed by atoms with E-state index in [9.17, 15) is 9.59 Å². The number of anilines is 2. The molecule has 7 nitrogen and oxygen atoms in total. The second kappa shape index (κ2) is 6.08. The predicted molar refractivity (Wildman–Crippen MR) is 87.4 cm³/mol. The fraction of sp³-hybridized carbons (Fsp3) is 0.400. The van der Waals surface area contributed by atoms with Gasteiger partial charge in [-0.15, -0.1) is 0 Å². The minimum absolute atomic E-state index is 0.0464. The summed E-state index contributed by atoms with van der Waals surface area (Å²) in [6.45, 7) is 0. The van der Waals surface area contributed by atoms with Gasteiger partial charge < -0.3 is 15.4 Å². The molecule has 23 heavy (non-hydrogen) atoms. The van der Waals surface area contributed by atoms with E-state index in [1.54, 1.807) is 18.2 Å². The number of aromatic amines is 1. The van der Waals surface area contributed by atoms with Crippen LogP contribution in [0.5, 0.6) is 0 Å². The van der Waals surface area contributed by atoms with Gasteiger partial charge in [0, 0.05) is 23.9 Å². The van der Waals surface area contributed by atoms with Crippen LogP contribution in [0.3, 0.4) is 0 Å². The van der Waals surface area contributed by atoms with Gasteiger partial charge in [-0.25, -0.2) is 4.98 Å². The van der Waals surface area contributed by atoms with Gasteiger partial charge in [0.1, 0.15) is 0 Å². The van der Waals surface area contributed by atoms with Gasteiger partial charge >= 0.3 is 5.97 Å². The van der Waals surface area contributed by atoms with Crippen LogP contribution in [0.1, 0.15) is 32.1 Å². The Labute approximate surface area is 137 Å². The predicted octanol–water partition coefficient (Wildman–Crippen LogP) is 3.10. The number of H-pyrrole nitrogens is 1. The van der Waals surface area contributed by atoms with Crippen molar-refractivity contribution in [1.82, 2.24) is 9.97 Å². The van der Waals surface area contributed by atoms with E-state index >= 15 is 0 Å². The molecule has 0 saturated heterocycles. The molecule has 1 aromatic carbocycles. The minimum atomic E-state index is -0.850. The highest BCUT2D eigenvalue weighted by atomic mass is 35.5. The first-order valence-electron chi connectivity index (χ1n) is 7.38. The van der Waals surface area contributed by atoms with Crippen molar-refractivity contribution in [2.45, 2.75) is 32.1 Å². The molecular formula is C15H17ClN4O3. The number of amides is 1. The van der Waals surface area contributed by atoms with Crippen LogP contribution in [-0.4, -0.2) is 27.0 Å². The number of aliphatic carboxylic acids is 1. The summed E-state index contributed by atoms with van der Waals surface area (Å²) in [5, 5.41) is 11.8. The molecule has 1 heterocycles. The number of carboxylic acid groups (broad SMARTS) is 1. The first-order valence-corrected chi connectivity index (χ1v) is 7.76. The molecular weight excluding hydrogens is 320 g/mol. The van der Waals surface area contributed by atoms with Gasteiger partial charge in [0.25, 0.3) is 0 Å². The van der Waals surface area contributed by atoms with Crippen molar-refractivity contribution in [3.05, 3.63) is 18.2 Å². The summed E-state index contributed by atoms with van der Waals surface area (Å²) < 4.78 is 0. The molecule has 8 heteroatoms. The average Bonchev–Trinajstić information content (AvgIpc) is 2.86. The number of carbonyl (C=O) groups excluding carboxylic acids is 1. The number of imidazole rings is 1. The van der Waals surface area contributed by atoms with E-state index in [-0.39, 0.29) is 24.2 Å². The van der Waals surface area contributed by atoms with Crippen LogP contribution < -0.4 is 10.2 Å². The first kappa shape index (κ1) is 15.6. The number of nitrogens with zero attached hydrogens (tertiary/aromatic N) is 1. The van der Waals surface area contributed by atoms with Gasteiger partial charge in [-0.3, -0.25) is 14.4 Å². The van der Waals surface area contributed by atoms with E-state index in [4.69, 9.17) is 16.9 Å². The van der Waals surface area contributed by atoms with Crippen molar-refractivity contribution in [3.8, 4) is 0 Å². The molecule has 1 saturated carbocycles. The van der Waals surface area contributed by atoms with Crippen LogP contribution in [0.4, 0.5) is 11.6 Å². The molecule has 0 spiro atoms. The SMILES string of the molecule is O=C(O)CC1(CC(=O)Nc2ccc3nc(NCl)[nH]c3c2)CCC1. The highest BCUT2D eigenvalue weighted by Crippen LogP contribution is 2.47. The number of aromatic nitrogens is 2. The summed E-state index contributed by atoms with van der Waals surface area (Å²) in [6.07, 6.45) is 2.84. The van der Waals surface area contributed by atoms with Crippen molar-refractivity contribution >= 4 is 46.3 Å². The van der Waals surface area contributed by atoms with Crippen molar-refractivity contribution < 1.29 is 14.7 Å². The lowest BCUT2D eigenvalue weighted by Gasteiger charge is -2.40. The highest BCUT2D eigenvalue weighted by Gasteiger charge is 2.40. The smallest absolute Gasteiger partial charge is 0.303 e. The summed E-state index contributed by atoms with van der Waals surface area (Å²) in [5.41, 5.74) is 1.73. The number of fused-ring (bicyclic) bond motifs is 1. The molecule has 1 amide bonds. The second-order valence-corrected chi connectivity index (χ2v) is 6.25. The Hall–Kier alpha value is -2.28. The van der Waals surface area contributed by atoms with E-state index < -0.39 is 5.97 Å². The monoisotopic (exact) mass is 336 g/mol. The van der Waals surface area contributed by atoms with Gasteiger partial charge in [-0.2, -0.15) is 0 Å². The summed E-state index contributed by atoms with van der Waals surface area (Å²) in [6, 6.07) is 5.29. The highest BCUT2D eigenvalue weighted by molar-refractivity contribution is 6.23. The van der Waals surface area contributed by atoms with Gasteiger partial charge in [0.05, 0.1) is 17.5 Å². The van der Waals surface area contributed by atoms with E-state index in [1.807, 2.05) is 0 Å². The molecule has 1 aliphatic rings. The van der Waals surface area contributed by atoms with Gasteiger partial charge in [0.15, 0.2) is 0 Å². The maximum Gasteiger partial charge on any atom is 0.303 e. The lowest BCUT2D eigenvalue weighted by Crippen LogP contribution is -2.36. The topological polar surface area (TPSA) is 107 Å². The largest absolute Gasteiger partial charge is 0.481 e. The zero-order chi connectivity index (χ0) is 16.4. The maximum absolute atomic E-state index is 12.2. The lowest BCUT2D eigenvalue weighted by atomic mass is 9.64. The zero-order valence-electron chi connectivity index (χ0n) is 12.4. The molecule has 0 bridgehead atoms. The summed E-state index contributed by atoms with van der Waals surface area (Å²) in [4.78, 5) is 32.8. The second-order valence-electron chi connectivity index (χ2n) is 6.06. The summed E-state index contributed by atoms with van der Waals surface area (Å²) in [5.74, 6) is -0.585. The number of hydrogen-bond donors (Lipinski definition) is 4. The molecule has 122 valence electrons. The number of carboxylic acids is 1. The fourth-order valence-corrected chi connectivity index (χ4v) is 3.18. The maximum atomic E-state index is 12.2. The van der Waals surface area contributed by atoms with Crippen LogP contribution in [-0.2, 0) is 9.59 Å². The van der Waals surface area contributed by atoms with E-state index in [1.165, 1.54) is 0 Å². The van der Waals surface area contributed by atoms with Crippen molar-refractivity contribution in [2.75, 3.05) is 10.2 Å². The molecule has 0 radical (unpaired) electrons. The van der Waals surface area contributed by atoms with E-state index in [0.717, 1.165) is 30.3 Å².